The average Bonchev–Trinajstić information content (AvgIpc) is 3.04. The highest BCUT2D eigenvalue weighted by atomic mass is 32.2. The van der Waals surface area contributed by atoms with Gasteiger partial charge in [-0.25, -0.2) is 8.42 Å². The number of piperazine rings is 1. The van der Waals surface area contributed by atoms with Gasteiger partial charge in [0.15, 0.2) is 0 Å². The Hall–Kier alpha value is -2.72. The Kier molecular flexibility index (Phi) is 7.82. The van der Waals surface area contributed by atoms with Crippen LogP contribution in [0.3, 0.4) is 0 Å². The maximum absolute atomic E-state index is 13.1. The summed E-state index contributed by atoms with van der Waals surface area (Å²) in [6.45, 7) is 10.5. The van der Waals surface area contributed by atoms with Crippen LogP contribution in [0.1, 0.15) is 53.9 Å². The second-order valence-electron chi connectivity index (χ2n) is 9.05. The molecule has 2 heterocycles. The second-order valence-corrected chi connectivity index (χ2v) is 11.0. The van der Waals surface area contributed by atoms with Gasteiger partial charge in [0.2, 0.25) is 21.8 Å². The minimum atomic E-state index is -3.61. The van der Waals surface area contributed by atoms with Gasteiger partial charge in [-0.3, -0.25) is 14.3 Å². The van der Waals surface area contributed by atoms with Gasteiger partial charge in [0.1, 0.15) is 0 Å². The summed E-state index contributed by atoms with van der Waals surface area (Å²) in [6.07, 6.45) is 0.176. The molecule has 34 heavy (non-hydrogen) atoms. The number of sulfonamides is 1. The first-order chi connectivity index (χ1) is 15.9. The Balaban J connectivity index is 1.51. The van der Waals surface area contributed by atoms with Gasteiger partial charge in [-0.05, 0) is 51.8 Å². The molecule has 1 aromatic heterocycles. The summed E-state index contributed by atoms with van der Waals surface area (Å²) in [5, 5.41) is 7.34. The molecule has 0 bridgehead atoms. The fourth-order valence-corrected chi connectivity index (χ4v) is 6.22. The monoisotopic (exact) mass is 489 g/mol. The van der Waals surface area contributed by atoms with E-state index in [1.165, 1.54) is 4.31 Å². The van der Waals surface area contributed by atoms with E-state index in [-0.39, 0.29) is 43.8 Å². The minimum Gasteiger partial charge on any atom is -0.349 e. The highest BCUT2D eigenvalue weighted by Gasteiger charge is 2.31. The van der Waals surface area contributed by atoms with Crippen molar-refractivity contribution in [1.82, 2.24) is 24.3 Å². The molecule has 0 aliphatic carbocycles. The van der Waals surface area contributed by atoms with Crippen molar-refractivity contribution in [3.63, 3.8) is 0 Å². The topological polar surface area (TPSA) is 105 Å². The van der Waals surface area contributed by atoms with Gasteiger partial charge >= 0.3 is 0 Å². The molecule has 1 N–H and O–H groups in total. The van der Waals surface area contributed by atoms with Crippen molar-refractivity contribution in [2.45, 2.75) is 58.4 Å². The molecule has 2 amide bonds. The average molecular weight is 490 g/mol. The van der Waals surface area contributed by atoms with E-state index in [9.17, 15) is 18.0 Å². The van der Waals surface area contributed by atoms with Gasteiger partial charge in [-0.15, -0.1) is 0 Å². The van der Waals surface area contributed by atoms with Crippen molar-refractivity contribution in [2.24, 2.45) is 7.05 Å². The summed E-state index contributed by atoms with van der Waals surface area (Å²) in [5.74, 6) is -0.333. The third-order valence-corrected chi connectivity index (χ3v) is 8.53. The summed E-state index contributed by atoms with van der Waals surface area (Å²) in [6, 6.07) is 5.19. The number of carbonyl (C=O) groups is 2. The first-order valence-corrected chi connectivity index (χ1v) is 13.0. The lowest BCUT2D eigenvalue weighted by atomic mass is 10.1. The highest BCUT2D eigenvalue weighted by molar-refractivity contribution is 7.89. The maximum Gasteiger partial charge on any atom is 0.243 e. The number of hydrogen-bond acceptors (Lipinski definition) is 5. The first kappa shape index (κ1) is 25.9. The Morgan fingerprint density at radius 3 is 2.29 bits per heavy atom. The Labute approximate surface area is 202 Å². The zero-order valence-corrected chi connectivity index (χ0v) is 21.7. The van der Waals surface area contributed by atoms with Crippen molar-refractivity contribution in [1.29, 1.82) is 0 Å². The molecule has 1 saturated heterocycles. The molecule has 0 saturated carbocycles. The normalized spacial score (nSPS) is 15.9. The number of carbonyl (C=O) groups excluding carboxylic acids is 2. The number of amides is 2. The summed E-state index contributed by atoms with van der Waals surface area (Å²) in [7, 11) is -1.74. The van der Waals surface area contributed by atoms with Crippen LogP contribution in [0.2, 0.25) is 0 Å². The summed E-state index contributed by atoms with van der Waals surface area (Å²) in [5.41, 5.74) is 4.46. The zero-order valence-electron chi connectivity index (χ0n) is 20.9. The predicted molar refractivity (Wildman–Crippen MR) is 130 cm³/mol. The third-order valence-electron chi connectivity index (χ3n) is 6.49. The molecule has 186 valence electrons. The van der Waals surface area contributed by atoms with Crippen LogP contribution < -0.4 is 5.32 Å². The molecule has 1 atom stereocenters. The van der Waals surface area contributed by atoms with Gasteiger partial charge < -0.3 is 10.2 Å². The van der Waals surface area contributed by atoms with Crippen LogP contribution in [-0.4, -0.2) is 65.4 Å². The lowest BCUT2D eigenvalue weighted by Gasteiger charge is -2.34. The molecule has 1 aromatic carbocycles. The van der Waals surface area contributed by atoms with Crippen LogP contribution in [0.5, 0.6) is 0 Å². The molecule has 3 rings (SSSR count). The summed E-state index contributed by atoms with van der Waals surface area (Å²) in [4.78, 5) is 27.1. The molecule has 1 aliphatic heterocycles. The van der Waals surface area contributed by atoms with E-state index in [0.717, 1.165) is 22.5 Å². The highest BCUT2D eigenvalue weighted by Crippen LogP contribution is 2.23. The Morgan fingerprint density at radius 2 is 1.71 bits per heavy atom. The maximum atomic E-state index is 13.1. The molecule has 0 spiro atoms. The van der Waals surface area contributed by atoms with Crippen LogP contribution in [0.15, 0.2) is 23.1 Å². The first-order valence-electron chi connectivity index (χ1n) is 11.6. The fraction of sp³-hybridized carbons (Fsp3) is 0.542. The minimum absolute atomic E-state index is 0.0858. The van der Waals surface area contributed by atoms with Crippen molar-refractivity contribution in [2.75, 3.05) is 26.2 Å². The van der Waals surface area contributed by atoms with E-state index in [1.807, 2.05) is 46.9 Å². The predicted octanol–water partition coefficient (Wildman–Crippen LogP) is 2.14. The number of aryl methyl sites for hydroxylation is 4. The van der Waals surface area contributed by atoms with Gasteiger partial charge in [0, 0.05) is 57.3 Å². The number of hydrogen-bond donors (Lipinski definition) is 1. The van der Waals surface area contributed by atoms with Crippen LogP contribution in [0.25, 0.3) is 0 Å². The van der Waals surface area contributed by atoms with Crippen LogP contribution in [0, 0.1) is 27.7 Å². The van der Waals surface area contributed by atoms with Crippen molar-refractivity contribution >= 4 is 21.8 Å². The number of benzene rings is 1. The van der Waals surface area contributed by atoms with Crippen LogP contribution in [0.4, 0.5) is 0 Å². The van der Waals surface area contributed by atoms with Gasteiger partial charge in [0.05, 0.1) is 16.6 Å². The van der Waals surface area contributed by atoms with Gasteiger partial charge in [-0.1, -0.05) is 12.1 Å². The quantitative estimate of drug-likeness (QED) is 0.642. The fourth-order valence-electron chi connectivity index (χ4n) is 4.48. The second kappa shape index (κ2) is 10.3. The largest absolute Gasteiger partial charge is 0.349 e. The van der Waals surface area contributed by atoms with Crippen molar-refractivity contribution in [3.8, 4) is 0 Å². The van der Waals surface area contributed by atoms with Crippen LogP contribution >= 0.6 is 0 Å². The van der Waals surface area contributed by atoms with Crippen molar-refractivity contribution in [3.05, 3.63) is 46.3 Å². The van der Waals surface area contributed by atoms with Crippen molar-refractivity contribution < 1.29 is 18.0 Å². The van der Waals surface area contributed by atoms with Crippen LogP contribution in [-0.2, 0) is 26.7 Å². The van der Waals surface area contributed by atoms with Gasteiger partial charge in [-0.2, -0.15) is 9.40 Å². The molecule has 10 heteroatoms. The van der Waals surface area contributed by atoms with E-state index in [4.69, 9.17) is 0 Å². The molecule has 9 nitrogen and oxygen atoms in total. The standard InChI is InChI=1S/C24H35N5O4S/c1-16-7-8-17(2)21(15-16)34(32,33)29-13-11-28(12-14-29)23(31)10-9-22(30)25-18(3)24-19(4)26-27(6)20(24)5/h7-8,15,18H,9-14H2,1-6H3,(H,25,30). The molecular weight excluding hydrogens is 454 g/mol. The smallest absolute Gasteiger partial charge is 0.243 e. The number of nitrogens with zero attached hydrogens (tertiary/aromatic N) is 4. The summed E-state index contributed by atoms with van der Waals surface area (Å²) >= 11 is 0. The molecule has 0 radical (unpaired) electrons. The zero-order chi connectivity index (χ0) is 25.2. The van der Waals surface area contributed by atoms with E-state index >= 15 is 0 Å². The summed E-state index contributed by atoms with van der Waals surface area (Å²) < 4.78 is 29.4. The molecule has 2 aromatic rings. The Bertz CT molecular complexity index is 1180. The number of aromatic nitrogens is 2. The lowest BCUT2D eigenvalue weighted by molar-refractivity contribution is -0.134. The van der Waals surface area contributed by atoms with E-state index < -0.39 is 10.0 Å². The van der Waals surface area contributed by atoms with E-state index in [2.05, 4.69) is 10.4 Å². The number of rotatable bonds is 7. The number of nitrogens with one attached hydrogen (secondary N) is 1. The van der Waals surface area contributed by atoms with E-state index in [1.54, 1.807) is 22.6 Å². The SMILES string of the molecule is Cc1ccc(C)c(S(=O)(=O)N2CCN(C(=O)CCC(=O)NC(C)c3c(C)nn(C)c3C)CC2)c1. The lowest BCUT2D eigenvalue weighted by Crippen LogP contribution is -2.50. The third kappa shape index (κ3) is 5.50. The van der Waals surface area contributed by atoms with E-state index in [0.29, 0.717) is 23.5 Å². The molecule has 1 fully saturated rings. The molecule has 1 aliphatic rings. The van der Waals surface area contributed by atoms with Gasteiger partial charge in [0.25, 0.3) is 0 Å². The molecule has 1 unspecified atom stereocenters. The molecular formula is C24H35N5O4S. The Morgan fingerprint density at radius 1 is 1.06 bits per heavy atom.